The summed E-state index contributed by atoms with van der Waals surface area (Å²) < 4.78 is 25.3. The van der Waals surface area contributed by atoms with Crippen LogP contribution in [-0.2, 0) is 10.0 Å². The molecule has 0 fully saturated rings. The summed E-state index contributed by atoms with van der Waals surface area (Å²) >= 11 is 0. The Bertz CT molecular complexity index is 725. The van der Waals surface area contributed by atoms with Crippen LogP contribution in [-0.4, -0.2) is 36.8 Å². The zero-order valence-corrected chi connectivity index (χ0v) is 12.3. The summed E-state index contributed by atoms with van der Waals surface area (Å²) in [6, 6.07) is 4.92. The highest BCUT2D eigenvalue weighted by Gasteiger charge is 2.18. The van der Waals surface area contributed by atoms with Gasteiger partial charge in [-0.15, -0.1) is 0 Å². The fraction of sp³-hybridized carbons (Fsp3) is 0.231. The number of nitrogen functional groups attached to an aromatic ring is 1. The maximum absolute atomic E-state index is 12.1. The molecule has 0 spiro atoms. The van der Waals surface area contributed by atoms with Crippen molar-refractivity contribution in [2.45, 2.75) is 11.8 Å². The molecule has 106 valence electrons. The lowest BCUT2D eigenvalue weighted by molar-refractivity contribution is 0.520. The molecule has 1 heterocycles. The number of aromatic nitrogens is 2. The van der Waals surface area contributed by atoms with E-state index < -0.39 is 10.0 Å². The van der Waals surface area contributed by atoms with E-state index in [0.717, 1.165) is 11.1 Å². The van der Waals surface area contributed by atoms with E-state index in [0.29, 0.717) is 11.5 Å². The first kappa shape index (κ1) is 14.4. The molecular weight excluding hydrogens is 276 g/mol. The smallest absolute Gasteiger partial charge is 0.242 e. The van der Waals surface area contributed by atoms with Crippen molar-refractivity contribution >= 4 is 15.8 Å². The maximum atomic E-state index is 12.1. The second kappa shape index (κ2) is 5.18. The van der Waals surface area contributed by atoms with Gasteiger partial charge < -0.3 is 5.73 Å². The van der Waals surface area contributed by atoms with Gasteiger partial charge in [-0.3, -0.25) is 4.98 Å². The second-order valence-electron chi connectivity index (χ2n) is 4.59. The Labute approximate surface area is 118 Å². The van der Waals surface area contributed by atoms with Gasteiger partial charge in [-0.25, -0.2) is 17.7 Å². The van der Waals surface area contributed by atoms with E-state index in [1.165, 1.54) is 24.6 Å². The molecule has 2 N–H and O–H groups in total. The summed E-state index contributed by atoms with van der Waals surface area (Å²) in [5.41, 5.74) is 7.80. The molecule has 0 aliphatic rings. The highest BCUT2D eigenvalue weighted by Crippen LogP contribution is 2.24. The van der Waals surface area contributed by atoms with Crippen LogP contribution in [0.15, 0.2) is 35.5 Å². The van der Waals surface area contributed by atoms with Crippen molar-refractivity contribution in [1.29, 1.82) is 0 Å². The number of benzene rings is 1. The number of hydrogen-bond donors (Lipinski definition) is 1. The maximum Gasteiger partial charge on any atom is 0.242 e. The van der Waals surface area contributed by atoms with E-state index in [-0.39, 0.29) is 4.90 Å². The fourth-order valence-corrected chi connectivity index (χ4v) is 2.76. The van der Waals surface area contributed by atoms with Gasteiger partial charge in [0.05, 0.1) is 23.0 Å². The van der Waals surface area contributed by atoms with E-state index in [4.69, 9.17) is 5.73 Å². The Morgan fingerprint density at radius 1 is 1.15 bits per heavy atom. The van der Waals surface area contributed by atoms with Crippen molar-refractivity contribution in [2.75, 3.05) is 19.8 Å². The van der Waals surface area contributed by atoms with E-state index in [2.05, 4.69) is 9.97 Å². The van der Waals surface area contributed by atoms with E-state index >= 15 is 0 Å². The van der Waals surface area contributed by atoms with Crippen LogP contribution < -0.4 is 5.73 Å². The van der Waals surface area contributed by atoms with E-state index in [1.807, 2.05) is 6.92 Å². The number of nitrogens with zero attached hydrogens (tertiary/aromatic N) is 3. The van der Waals surface area contributed by atoms with Gasteiger partial charge >= 0.3 is 0 Å². The van der Waals surface area contributed by atoms with Crippen LogP contribution in [0.2, 0.25) is 0 Å². The number of nitrogens with two attached hydrogens (primary N) is 1. The largest absolute Gasteiger partial charge is 0.382 e. The minimum Gasteiger partial charge on any atom is -0.382 e. The van der Waals surface area contributed by atoms with Gasteiger partial charge in [0.1, 0.15) is 5.82 Å². The minimum atomic E-state index is -3.43. The predicted octanol–water partition coefficient (Wildman–Crippen LogP) is 1.28. The normalized spacial score (nSPS) is 11.8. The number of aryl methyl sites for hydroxylation is 1. The molecular formula is C13H16N4O2S. The summed E-state index contributed by atoms with van der Waals surface area (Å²) in [5.74, 6) is 0.346. The Morgan fingerprint density at radius 3 is 2.35 bits per heavy atom. The molecule has 0 radical (unpaired) electrons. The van der Waals surface area contributed by atoms with Gasteiger partial charge in [0.2, 0.25) is 10.0 Å². The third-order valence-electron chi connectivity index (χ3n) is 2.92. The van der Waals surface area contributed by atoms with Crippen molar-refractivity contribution in [2.24, 2.45) is 0 Å². The van der Waals surface area contributed by atoms with Crippen molar-refractivity contribution in [3.05, 3.63) is 36.2 Å². The zero-order chi connectivity index (χ0) is 14.9. The van der Waals surface area contributed by atoms with Crippen molar-refractivity contribution in [3.63, 3.8) is 0 Å². The third kappa shape index (κ3) is 2.63. The monoisotopic (exact) mass is 292 g/mol. The number of rotatable bonds is 3. The molecule has 0 amide bonds. The molecule has 2 aromatic rings. The average molecular weight is 292 g/mol. The second-order valence-corrected chi connectivity index (χ2v) is 6.74. The third-order valence-corrected chi connectivity index (χ3v) is 4.74. The molecule has 0 aliphatic heterocycles. The molecule has 20 heavy (non-hydrogen) atoms. The van der Waals surface area contributed by atoms with Crippen LogP contribution in [0.4, 0.5) is 5.82 Å². The summed E-state index contributed by atoms with van der Waals surface area (Å²) in [6.45, 7) is 1.84. The molecule has 0 saturated carbocycles. The molecule has 7 heteroatoms. The molecule has 0 atom stereocenters. The molecule has 0 unspecified atom stereocenters. The van der Waals surface area contributed by atoms with Crippen molar-refractivity contribution < 1.29 is 8.42 Å². The molecule has 0 aliphatic carbocycles. The van der Waals surface area contributed by atoms with Gasteiger partial charge in [-0.2, -0.15) is 0 Å². The Morgan fingerprint density at radius 2 is 1.85 bits per heavy atom. The van der Waals surface area contributed by atoms with Crippen LogP contribution >= 0.6 is 0 Å². The minimum absolute atomic E-state index is 0.257. The lowest BCUT2D eigenvalue weighted by atomic mass is 10.1. The van der Waals surface area contributed by atoms with Crippen LogP contribution in [0.25, 0.3) is 11.3 Å². The lowest BCUT2D eigenvalue weighted by Crippen LogP contribution is -2.22. The van der Waals surface area contributed by atoms with Gasteiger partial charge in [0.15, 0.2) is 0 Å². The summed E-state index contributed by atoms with van der Waals surface area (Å²) in [7, 11) is -0.420. The molecule has 2 rings (SSSR count). The highest BCUT2D eigenvalue weighted by molar-refractivity contribution is 7.89. The SMILES string of the molecule is Cc1cc(S(=O)(=O)N(C)C)ccc1-c1cnc(N)cn1. The van der Waals surface area contributed by atoms with Crippen LogP contribution in [0, 0.1) is 6.92 Å². The van der Waals surface area contributed by atoms with Gasteiger partial charge in [0.25, 0.3) is 0 Å². The van der Waals surface area contributed by atoms with E-state index in [1.54, 1.807) is 24.4 Å². The Kier molecular flexibility index (Phi) is 3.74. The molecule has 1 aromatic carbocycles. The number of sulfonamides is 1. The van der Waals surface area contributed by atoms with Crippen LogP contribution in [0.3, 0.4) is 0 Å². The molecule has 1 aromatic heterocycles. The van der Waals surface area contributed by atoms with Crippen molar-refractivity contribution in [3.8, 4) is 11.3 Å². The predicted molar refractivity (Wildman–Crippen MR) is 77.5 cm³/mol. The average Bonchev–Trinajstić information content (AvgIpc) is 2.39. The highest BCUT2D eigenvalue weighted by atomic mass is 32.2. The van der Waals surface area contributed by atoms with E-state index in [9.17, 15) is 8.42 Å². The molecule has 0 saturated heterocycles. The Hall–Kier alpha value is -1.99. The van der Waals surface area contributed by atoms with Crippen LogP contribution in [0.1, 0.15) is 5.56 Å². The topological polar surface area (TPSA) is 89.2 Å². The molecule has 6 nitrogen and oxygen atoms in total. The number of anilines is 1. The first-order chi connectivity index (χ1) is 9.32. The zero-order valence-electron chi connectivity index (χ0n) is 11.5. The van der Waals surface area contributed by atoms with Crippen LogP contribution in [0.5, 0.6) is 0 Å². The first-order valence-corrected chi connectivity index (χ1v) is 7.37. The van der Waals surface area contributed by atoms with Crippen molar-refractivity contribution in [1.82, 2.24) is 14.3 Å². The standard InChI is InChI=1S/C13H16N4O2S/c1-9-6-10(20(18,19)17(2)3)4-5-11(9)12-7-16-13(14)8-15-12/h4-8H,1-3H3,(H2,14,16). The Balaban J connectivity index is 2.48. The van der Waals surface area contributed by atoms with Gasteiger partial charge in [-0.1, -0.05) is 6.07 Å². The number of hydrogen-bond acceptors (Lipinski definition) is 5. The van der Waals surface area contributed by atoms with Gasteiger partial charge in [0, 0.05) is 19.7 Å². The summed E-state index contributed by atoms with van der Waals surface area (Å²) in [5, 5.41) is 0. The lowest BCUT2D eigenvalue weighted by Gasteiger charge is -2.13. The first-order valence-electron chi connectivity index (χ1n) is 5.93. The molecule has 0 bridgehead atoms. The summed E-state index contributed by atoms with van der Waals surface area (Å²) in [6.07, 6.45) is 3.04. The fourth-order valence-electron chi connectivity index (χ4n) is 1.77. The van der Waals surface area contributed by atoms with Gasteiger partial charge in [-0.05, 0) is 24.6 Å². The summed E-state index contributed by atoms with van der Waals surface area (Å²) in [4.78, 5) is 8.43. The quantitative estimate of drug-likeness (QED) is 0.920.